The van der Waals surface area contributed by atoms with E-state index in [0.29, 0.717) is 14.4 Å². The molecule has 152 valence electrons. The molecule has 0 spiro atoms. The fraction of sp³-hybridized carbons (Fsp3) is 0.316. The number of thioether (sulfide) groups is 1. The Hall–Kier alpha value is -1.62. The van der Waals surface area contributed by atoms with Gasteiger partial charge in [-0.05, 0) is 30.2 Å². The maximum Gasteiger partial charge on any atom is 0.266 e. The number of nitrogens with zero attached hydrogens (tertiary/aromatic N) is 3. The summed E-state index contributed by atoms with van der Waals surface area (Å²) in [4.78, 5) is 26.9. The van der Waals surface area contributed by atoms with Crippen LogP contribution < -0.4 is 5.32 Å². The Morgan fingerprint density at radius 1 is 1.38 bits per heavy atom. The van der Waals surface area contributed by atoms with Crippen LogP contribution in [0, 0.1) is 0 Å². The molecule has 3 rings (SSSR count). The molecule has 1 N–H and O–H groups in total. The van der Waals surface area contributed by atoms with Crippen molar-refractivity contribution in [2.24, 2.45) is 0 Å². The summed E-state index contributed by atoms with van der Waals surface area (Å²) in [6.07, 6.45) is 4.94. The Bertz CT molecular complexity index is 960. The monoisotopic (exact) mass is 510 g/mol. The number of benzene rings is 1. The molecule has 0 radical (unpaired) electrons. The molecular weight excluding hydrogens is 492 g/mol. The highest BCUT2D eigenvalue weighted by Crippen LogP contribution is 2.33. The average molecular weight is 511 g/mol. The molecule has 29 heavy (non-hydrogen) atoms. The molecule has 2 amide bonds. The summed E-state index contributed by atoms with van der Waals surface area (Å²) in [5.41, 5.74) is 0.910. The summed E-state index contributed by atoms with van der Waals surface area (Å²) in [5.74, 6) is -0.390. The van der Waals surface area contributed by atoms with Gasteiger partial charge in [-0.25, -0.2) is 0 Å². The Morgan fingerprint density at radius 2 is 2.21 bits per heavy atom. The van der Waals surface area contributed by atoms with Gasteiger partial charge in [-0.15, -0.1) is 10.2 Å². The molecule has 1 aromatic carbocycles. The number of halogens is 1. The van der Waals surface area contributed by atoms with E-state index in [1.807, 2.05) is 30.3 Å². The van der Waals surface area contributed by atoms with Gasteiger partial charge in [-0.2, -0.15) is 0 Å². The van der Waals surface area contributed by atoms with Crippen molar-refractivity contribution in [2.45, 2.75) is 32.6 Å². The van der Waals surface area contributed by atoms with Crippen LogP contribution in [0.2, 0.25) is 0 Å². The lowest BCUT2D eigenvalue weighted by Crippen LogP contribution is -2.31. The fourth-order valence-electron chi connectivity index (χ4n) is 2.57. The SMILES string of the molecule is CCCCc1nnc(NC(=O)CCN2C(=O)/C(=C/c3cccc(Br)c3)SC2=S)s1. The summed E-state index contributed by atoms with van der Waals surface area (Å²) in [6.45, 7) is 2.35. The number of rotatable bonds is 8. The zero-order valence-corrected chi connectivity index (χ0v) is 19.7. The largest absolute Gasteiger partial charge is 0.300 e. The summed E-state index contributed by atoms with van der Waals surface area (Å²) in [6, 6.07) is 7.67. The van der Waals surface area contributed by atoms with Crippen LogP contribution in [0.15, 0.2) is 33.6 Å². The summed E-state index contributed by atoms with van der Waals surface area (Å²) < 4.78 is 1.40. The molecular formula is C19H19BrN4O2S3. The molecule has 1 aliphatic rings. The maximum absolute atomic E-state index is 12.7. The molecule has 6 nitrogen and oxygen atoms in total. The zero-order chi connectivity index (χ0) is 20.8. The van der Waals surface area contributed by atoms with Crippen LogP contribution in [0.3, 0.4) is 0 Å². The van der Waals surface area contributed by atoms with Crippen molar-refractivity contribution in [3.05, 3.63) is 44.2 Å². The Balaban J connectivity index is 1.55. The molecule has 1 aromatic heterocycles. The zero-order valence-electron chi connectivity index (χ0n) is 15.7. The normalized spacial score (nSPS) is 15.4. The van der Waals surface area contributed by atoms with Gasteiger partial charge in [0.25, 0.3) is 5.91 Å². The van der Waals surface area contributed by atoms with E-state index in [4.69, 9.17) is 12.2 Å². The van der Waals surface area contributed by atoms with Crippen molar-refractivity contribution in [1.29, 1.82) is 0 Å². The van der Waals surface area contributed by atoms with Crippen molar-refractivity contribution in [3.8, 4) is 0 Å². The number of aromatic nitrogens is 2. The third-order valence-corrected chi connectivity index (χ3v) is 6.81. The minimum atomic E-state index is -0.215. The van der Waals surface area contributed by atoms with Crippen LogP contribution in [0.5, 0.6) is 0 Å². The number of amides is 2. The number of carbonyl (C=O) groups is 2. The molecule has 2 aromatic rings. The van der Waals surface area contributed by atoms with Gasteiger partial charge in [0.05, 0.1) is 4.91 Å². The molecule has 0 atom stereocenters. The van der Waals surface area contributed by atoms with Crippen molar-refractivity contribution in [1.82, 2.24) is 15.1 Å². The highest BCUT2D eigenvalue weighted by molar-refractivity contribution is 9.10. The third kappa shape index (κ3) is 6.18. The van der Waals surface area contributed by atoms with Gasteiger partial charge in [0.1, 0.15) is 9.33 Å². The number of anilines is 1. The van der Waals surface area contributed by atoms with Gasteiger partial charge in [0.2, 0.25) is 11.0 Å². The number of hydrogen-bond donors (Lipinski definition) is 1. The third-order valence-electron chi connectivity index (χ3n) is 4.04. The summed E-state index contributed by atoms with van der Waals surface area (Å²) in [7, 11) is 0. The van der Waals surface area contributed by atoms with Crippen LogP contribution in [0.25, 0.3) is 6.08 Å². The minimum absolute atomic E-state index is 0.139. The predicted molar refractivity (Wildman–Crippen MR) is 126 cm³/mol. The van der Waals surface area contributed by atoms with Crippen LogP contribution in [-0.2, 0) is 16.0 Å². The lowest BCUT2D eigenvalue weighted by Gasteiger charge is -2.13. The molecule has 2 heterocycles. The van der Waals surface area contributed by atoms with Crippen LogP contribution in [0.1, 0.15) is 36.8 Å². The van der Waals surface area contributed by atoms with Crippen LogP contribution in [0.4, 0.5) is 5.13 Å². The molecule has 0 unspecified atom stereocenters. The molecule has 1 aliphatic heterocycles. The molecule has 10 heteroatoms. The highest BCUT2D eigenvalue weighted by Gasteiger charge is 2.32. The van der Waals surface area contributed by atoms with Gasteiger partial charge in [0, 0.05) is 23.9 Å². The van der Waals surface area contributed by atoms with Gasteiger partial charge in [-0.3, -0.25) is 14.5 Å². The van der Waals surface area contributed by atoms with E-state index in [9.17, 15) is 9.59 Å². The Kier molecular flexibility index (Phi) is 7.93. The second-order valence-electron chi connectivity index (χ2n) is 6.29. The number of aryl methyl sites for hydroxylation is 1. The first-order chi connectivity index (χ1) is 14.0. The Labute approximate surface area is 191 Å². The maximum atomic E-state index is 12.7. The molecule has 1 saturated heterocycles. The first kappa shape index (κ1) is 22.1. The fourth-order valence-corrected chi connectivity index (χ4v) is 5.09. The summed E-state index contributed by atoms with van der Waals surface area (Å²) >= 11 is 11.4. The van der Waals surface area contributed by atoms with E-state index in [2.05, 4.69) is 38.4 Å². The number of carbonyl (C=O) groups excluding carboxylic acids is 2. The van der Waals surface area contributed by atoms with E-state index in [0.717, 1.165) is 34.3 Å². The predicted octanol–water partition coefficient (Wildman–Crippen LogP) is 4.87. The second-order valence-corrected chi connectivity index (χ2v) is 9.94. The quantitative estimate of drug-likeness (QED) is 0.403. The highest BCUT2D eigenvalue weighted by atomic mass is 79.9. The topological polar surface area (TPSA) is 75.2 Å². The van der Waals surface area contributed by atoms with Crippen LogP contribution >= 0.6 is 51.2 Å². The molecule has 1 fully saturated rings. The molecule has 0 bridgehead atoms. The lowest BCUT2D eigenvalue weighted by atomic mass is 10.2. The number of unbranched alkanes of at least 4 members (excludes halogenated alkanes) is 1. The van der Waals surface area contributed by atoms with Crippen molar-refractivity contribution in [3.63, 3.8) is 0 Å². The number of nitrogens with one attached hydrogen (secondary N) is 1. The van der Waals surface area contributed by atoms with Crippen LogP contribution in [-0.4, -0.2) is 37.8 Å². The van der Waals surface area contributed by atoms with Crippen molar-refractivity contribution in [2.75, 3.05) is 11.9 Å². The van der Waals surface area contributed by atoms with Crippen molar-refractivity contribution < 1.29 is 9.59 Å². The molecule has 0 aliphatic carbocycles. The van der Waals surface area contributed by atoms with Gasteiger partial charge in [0.15, 0.2) is 0 Å². The van der Waals surface area contributed by atoms with E-state index in [1.165, 1.54) is 28.0 Å². The standard InChI is InChI=1S/C19H19BrN4O2S3/c1-2-3-7-16-22-23-18(29-16)21-15(25)8-9-24-17(26)14(28-19(24)27)11-12-5-4-6-13(20)10-12/h4-6,10-11H,2-3,7-9H2,1H3,(H,21,23,25)/b14-11-. The average Bonchev–Trinajstić information content (AvgIpc) is 3.23. The first-order valence-corrected chi connectivity index (χ1v) is 11.9. The second kappa shape index (κ2) is 10.4. The Morgan fingerprint density at radius 3 is 2.97 bits per heavy atom. The minimum Gasteiger partial charge on any atom is -0.300 e. The molecule has 0 saturated carbocycles. The lowest BCUT2D eigenvalue weighted by molar-refractivity contribution is -0.122. The number of hydrogen-bond acceptors (Lipinski definition) is 7. The number of thiocarbonyl (C=S) groups is 1. The van der Waals surface area contributed by atoms with E-state index >= 15 is 0 Å². The van der Waals surface area contributed by atoms with E-state index in [-0.39, 0.29) is 24.8 Å². The van der Waals surface area contributed by atoms with Gasteiger partial charge >= 0.3 is 0 Å². The smallest absolute Gasteiger partial charge is 0.266 e. The van der Waals surface area contributed by atoms with E-state index in [1.54, 1.807) is 0 Å². The summed E-state index contributed by atoms with van der Waals surface area (Å²) in [5, 5.41) is 12.2. The van der Waals surface area contributed by atoms with Crippen molar-refractivity contribution >= 4 is 78.6 Å². The van der Waals surface area contributed by atoms with Gasteiger partial charge in [-0.1, -0.05) is 76.7 Å². The first-order valence-electron chi connectivity index (χ1n) is 9.09. The van der Waals surface area contributed by atoms with E-state index < -0.39 is 0 Å². The van der Waals surface area contributed by atoms with Gasteiger partial charge < -0.3 is 5.32 Å².